The van der Waals surface area contributed by atoms with Crippen molar-refractivity contribution < 1.29 is 0 Å². The van der Waals surface area contributed by atoms with Gasteiger partial charge in [0, 0.05) is 18.8 Å². The highest BCUT2D eigenvalue weighted by Crippen LogP contribution is 2.28. The molecule has 0 aliphatic carbocycles. The molecule has 0 N–H and O–H groups in total. The molecule has 0 atom stereocenters. The molecule has 2 rings (SSSR count). The van der Waals surface area contributed by atoms with Crippen molar-refractivity contribution in [2.75, 3.05) is 18.0 Å². The molecule has 0 bridgehead atoms. The standard InChI is InChI=1S/C15H21N/c1-12(2)14-8-7-9-15(13(14)3)16-10-5-4-6-11-16/h7-9H,1,4-6,10-11H2,2-3H3. The van der Waals surface area contributed by atoms with Gasteiger partial charge in [-0.05, 0) is 50.3 Å². The van der Waals surface area contributed by atoms with Crippen LogP contribution >= 0.6 is 0 Å². The van der Waals surface area contributed by atoms with Gasteiger partial charge in [-0.1, -0.05) is 24.3 Å². The van der Waals surface area contributed by atoms with Gasteiger partial charge in [0.05, 0.1) is 0 Å². The topological polar surface area (TPSA) is 3.24 Å². The van der Waals surface area contributed by atoms with Crippen LogP contribution in [0.5, 0.6) is 0 Å². The highest BCUT2D eigenvalue weighted by molar-refractivity contribution is 5.71. The molecule has 16 heavy (non-hydrogen) atoms. The summed E-state index contributed by atoms with van der Waals surface area (Å²) in [6.07, 6.45) is 4.04. The van der Waals surface area contributed by atoms with E-state index < -0.39 is 0 Å². The monoisotopic (exact) mass is 215 g/mol. The third kappa shape index (κ3) is 2.13. The number of allylic oxidation sites excluding steroid dienone is 1. The quantitative estimate of drug-likeness (QED) is 0.720. The minimum Gasteiger partial charge on any atom is -0.371 e. The van der Waals surface area contributed by atoms with E-state index >= 15 is 0 Å². The molecular weight excluding hydrogens is 194 g/mol. The Bertz CT molecular complexity index is 386. The van der Waals surface area contributed by atoms with E-state index in [1.165, 1.54) is 49.2 Å². The molecule has 0 radical (unpaired) electrons. The van der Waals surface area contributed by atoms with Crippen molar-refractivity contribution in [1.29, 1.82) is 0 Å². The van der Waals surface area contributed by atoms with Gasteiger partial charge in [-0.2, -0.15) is 0 Å². The van der Waals surface area contributed by atoms with Gasteiger partial charge in [-0.3, -0.25) is 0 Å². The summed E-state index contributed by atoms with van der Waals surface area (Å²) in [5.41, 5.74) is 5.26. The highest BCUT2D eigenvalue weighted by Gasteiger charge is 2.14. The van der Waals surface area contributed by atoms with Crippen molar-refractivity contribution in [2.45, 2.75) is 33.1 Å². The molecule has 1 heterocycles. The summed E-state index contributed by atoms with van der Waals surface area (Å²) in [6.45, 7) is 10.8. The first-order valence-electron chi connectivity index (χ1n) is 6.20. The van der Waals surface area contributed by atoms with Crippen LogP contribution in [0.3, 0.4) is 0 Å². The SMILES string of the molecule is C=C(C)c1cccc(N2CCCCC2)c1C. The van der Waals surface area contributed by atoms with Gasteiger partial charge in [0.1, 0.15) is 0 Å². The number of piperidine rings is 1. The molecule has 1 aromatic carbocycles. The molecule has 0 saturated carbocycles. The minimum atomic E-state index is 1.16. The smallest absolute Gasteiger partial charge is 0.0402 e. The summed E-state index contributed by atoms with van der Waals surface area (Å²) in [7, 11) is 0. The van der Waals surface area contributed by atoms with Crippen LogP contribution in [0.25, 0.3) is 5.57 Å². The molecular formula is C15H21N. The predicted octanol–water partition coefficient (Wildman–Crippen LogP) is 4.02. The predicted molar refractivity (Wildman–Crippen MR) is 72.0 cm³/mol. The normalized spacial score (nSPS) is 16.2. The second-order valence-corrected chi connectivity index (χ2v) is 4.78. The van der Waals surface area contributed by atoms with E-state index in [1.54, 1.807) is 0 Å². The molecule has 0 amide bonds. The maximum Gasteiger partial charge on any atom is 0.0402 e. The molecule has 1 aliphatic rings. The van der Waals surface area contributed by atoms with E-state index in [0.29, 0.717) is 0 Å². The van der Waals surface area contributed by atoms with Crippen molar-refractivity contribution >= 4 is 11.3 Å². The highest BCUT2D eigenvalue weighted by atomic mass is 15.1. The van der Waals surface area contributed by atoms with E-state index in [0.717, 1.165) is 5.57 Å². The van der Waals surface area contributed by atoms with Gasteiger partial charge in [-0.25, -0.2) is 0 Å². The van der Waals surface area contributed by atoms with Gasteiger partial charge >= 0.3 is 0 Å². The van der Waals surface area contributed by atoms with E-state index in [4.69, 9.17) is 0 Å². The molecule has 1 aromatic rings. The summed E-state index contributed by atoms with van der Waals surface area (Å²) < 4.78 is 0. The summed E-state index contributed by atoms with van der Waals surface area (Å²) >= 11 is 0. The summed E-state index contributed by atoms with van der Waals surface area (Å²) in [5.74, 6) is 0. The third-order valence-electron chi connectivity index (χ3n) is 3.46. The Hall–Kier alpha value is -1.24. The fourth-order valence-corrected chi connectivity index (χ4v) is 2.56. The number of hydrogen-bond donors (Lipinski definition) is 0. The Morgan fingerprint density at radius 3 is 2.50 bits per heavy atom. The Morgan fingerprint density at radius 1 is 1.19 bits per heavy atom. The van der Waals surface area contributed by atoms with Crippen LogP contribution in [0.15, 0.2) is 24.8 Å². The first kappa shape index (κ1) is 11.3. The fraction of sp³-hybridized carbons (Fsp3) is 0.467. The average Bonchev–Trinajstić information content (AvgIpc) is 2.30. The second-order valence-electron chi connectivity index (χ2n) is 4.78. The second kappa shape index (κ2) is 4.73. The molecule has 1 heteroatoms. The molecule has 86 valence electrons. The van der Waals surface area contributed by atoms with Gasteiger partial charge in [0.2, 0.25) is 0 Å². The van der Waals surface area contributed by atoms with Crippen LogP contribution in [0.4, 0.5) is 5.69 Å². The number of nitrogens with zero attached hydrogens (tertiary/aromatic N) is 1. The molecule has 0 unspecified atom stereocenters. The van der Waals surface area contributed by atoms with Gasteiger partial charge < -0.3 is 4.90 Å². The van der Waals surface area contributed by atoms with Crippen LogP contribution < -0.4 is 4.90 Å². The first-order valence-corrected chi connectivity index (χ1v) is 6.20. The number of rotatable bonds is 2. The van der Waals surface area contributed by atoms with E-state index in [2.05, 4.69) is 43.5 Å². The van der Waals surface area contributed by atoms with Crippen LogP contribution in [-0.4, -0.2) is 13.1 Å². The van der Waals surface area contributed by atoms with Gasteiger partial charge in [0.25, 0.3) is 0 Å². The molecule has 1 fully saturated rings. The zero-order valence-electron chi connectivity index (χ0n) is 10.4. The number of anilines is 1. The summed E-state index contributed by atoms with van der Waals surface area (Å²) in [4.78, 5) is 2.52. The summed E-state index contributed by atoms with van der Waals surface area (Å²) in [5, 5.41) is 0. The van der Waals surface area contributed by atoms with Crippen molar-refractivity contribution in [1.82, 2.24) is 0 Å². The first-order chi connectivity index (χ1) is 7.70. The Labute approximate surface area is 98.8 Å². The van der Waals surface area contributed by atoms with E-state index in [1.807, 2.05) is 0 Å². The van der Waals surface area contributed by atoms with E-state index in [9.17, 15) is 0 Å². The zero-order chi connectivity index (χ0) is 11.5. The lowest BCUT2D eigenvalue weighted by Gasteiger charge is -2.30. The van der Waals surface area contributed by atoms with Crippen molar-refractivity contribution in [3.8, 4) is 0 Å². The van der Waals surface area contributed by atoms with Crippen molar-refractivity contribution in [2.24, 2.45) is 0 Å². The average molecular weight is 215 g/mol. The van der Waals surface area contributed by atoms with Crippen molar-refractivity contribution in [3.63, 3.8) is 0 Å². The van der Waals surface area contributed by atoms with Crippen LogP contribution in [-0.2, 0) is 0 Å². The van der Waals surface area contributed by atoms with Crippen molar-refractivity contribution in [3.05, 3.63) is 35.9 Å². The maximum absolute atomic E-state index is 4.05. The summed E-state index contributed by atoms with van der Waals surface area (Å²) in [6, 6.07) is 6.57. The lowest BCUT2D eigenvalue weighted by Crippen LogP contribution is -2.30. The van der Waals surface area contributed by atoms with Crippen LogP contribution in [0, 0.1) is 6.92 Å². The maximum atomic E-state index is 4.05. The Morgan fingerprint density at radius 2 is 1.88 bits per heavy atom. The molecule has 1 nitrogen and oxygen atoms in total. The third-order valence-corrected chi connectivity index (χ3v) is 3.46. The van der Waals surface area contributed by atoms with Crippen LogP contribution in [0.2, 0.25) is 0 Å². The molecule has 1 aliphatic heterocycles. The Kier molecular flexibility index (Phi) is 3.33. The molecule has 0 spiro atoms. The largest absolute Gasteiger partial charge is 0.371 e. The molecule has 1 saturated heterocycles. The van der Waals surface area contributed by atoms with Crippen LogP contribution in [0.1, 0.15) is 37.3 Å². The zero-order valence-corrected chi connectivity index (χ0v) is 10.4. The van der Waals surface area contributed by atoms with E-state index in [-0.39, 0.29) is 0 Å². The van der Waals surface area contributed by atoms with Gasteiger partial charge in [0.15, 0.2) is 0 Å². The lowest BCUT2D eigenvalue weighted by molar-refractivity contribution is 0.577. The van der Waals surface area contributed by atoms with Gasteiger partial charge in [-0.15, -0.1) is 0 Å². The number of benzene rings is 1. The fourth-order valence-electron chi connectivity index (χ4n) is 2.56. The Balaban J connectivity index is 2.33. The number of hydrogen-bond acceptors (Lipinski definition) is 1. The minimum absolute atomic E-state index is 1.16. The molecule has 0 aromatic heterocycles. The lowest BCUT2D eigenvalue weighted by atomic mass is 9.99.